The van der Waals surface area contributed by atoms with Gasteiger partial charge in [-0.2, -0.15) is 0 Å². The van der Waals surface area contributed by atoms with Crippen LogP contribution >= 0.6 is 0 Å². The molecule has 0 aromatic heterocycles. The van der Waals surface area contributed by atoms with Gasteiger partial charge in [0.15, 0.2) is 0 Å². The summed E-state index contributed by atoms with van der Waals surface area (Å²) in [6, 6.07) is 8.53. The molecule has 0 radical (unpaired) electrons. The summed E-state index contributed by atoms with van der Waals surface area (Å²) in [5.74, 6) is 0.984. The summed E-state index contributed by atoms with van der Waals surface area (Å²) in [5.41, 5.74) is 8.45. The van der Waals surface area contributed by atoms with Gasteiger partial charge in [0.1, 0.15) is 0 Å². The minimum atomic E-state index is 0.645. The van der Waals surface area contributed by atoms with Gasteiger partial charge in [-0.15, -0.1) is 0 Å². The first-order chi connectivity index (χ1) is 8.79. The molecule has 1 fully saturated rings. The summed E-state index contributed by atoms with van der Waals surface area (Å²) in [4.78, 5) is 2.44. The van der Waals surface area contributed by atoms with Gasteiger partial charge in [0.05, 0.1) is 0 Å². The zero-order chi connectivity index (χ0) is 12.8. The Kier molecular flexibility index (Phi) is 5.21. The Morgan fingerprint density at radius 1 is 1.17 bits per heavy atom. The molecule has 1 aromatic rings. The Morgan fingerprint density at radius 2 is 1.83 bits per heavy atom. The van der Waals surface area contributed by atoms with Crippen LogP contribution in [0.25, 0.3) is 0 Å². The fourth-order valence-corrected chi connectivity index (χ4v) is 2.98. The van der Waals surface area contributed by atoms with Crippen LogP contribution in [0, 0.1) is 5.92 Å². The Bertz CT molecular complexity index is 356. The number of hydrogen-bond acceptors (Lipinski definition) is 2. The third-order valence-corrected chi connectivity index (χ3v) is 4.17. The largest absolute Gasteiger partial charge is 0.326 e. The van der Waals surface area contributed by atoms with Crippen molar-refractivity contribution in [2.45, 2.75) is 45.2 Å². The van der Waals surface area contributed by atoms with Crippen molar-refractivity contribution in [1.82, 2.24) is 4.90 Å². The second kappa shape index (κ2) is 6.91. The molecular weight excluding hydrogens is 220 g/mol. The molecule has 1 saturated carbocycles. The first kappa shape index (κ1) is 13.6. The lowest BCUT2D eigenvalue weighted by atomic mass is 10.0. The van der Waals surface area contributed by atoms with Crippen LogP contribution in [0.1, 0.15) is 43.2 Å². The molecule has 2 nitrogen and oxygen atoms in total. The van der Waals surface area contributed by atoms with E-state index in [0.29, 0.717) is 6.54 Å². The minimum Gasteiger partial charge on any atom is -0.326 e. The summed E-state index contributed by atoms with van der Waals surface area (Å²) < 4.78 is 0. The van der Waals surface area contributed by atoms with Crippen LogP contribution in [-0.2, 0) is 13.1 Å². The molecule has 0 amide bonds. The SMILES string of the molecule is CN(CCC1CCCC1)Cc1ccccc1CN. The fraction of sp³-hybridized carbons (Fsp3) is 0.625. The van der Waals surface area contributed by atoms with Gasteiger partial charge < -0.3 is 10.6 Å². The number of benzene rings is 1. The van der Waals surface area contributed by atoms with E-state index in [1.165, 1.54) is 49.8 Å². The van der Waals surface area contributed by atoms with Crippen LogP contribution in [0.15, 0.2) is 24.3 Å². The highest BCUT2D eigenvalue weighted by Crippen LogP contribution is 2.27. The summed E-state index contributed by atoms with van der Waals surface area (Å²) in [7, 11) is 2.22. The molecule has 0 spiro atoms. The summed E-state index contributed by atoms with van der Waals surface area (Å²) in [5, 5.41) is 0. The van der Waals surface area contributed by atoms with Crippen LogP contribution in [0.4, 0.5) is 0 Å². The maximum Gasteiger partial charge on any atom is 0.0233 e. The van der Waals surface area contributed by atoms with Crippen LogP contribution in [0.5, 0.6) is 0 Å². The second-order valence-corrected chi connectivity index (χ2v) is 5.65. The van der Waals surface area contributed by atoms with E-state index in [0.717, 1.165) is 12.5 Å². The minimum absolute atomic E-state index is 0.645. The van der Waals surface area contributed by atoms with Gasteiger partial charge in [-0.3, -0.25) is 0 Å². The highest BCUT2D eigenvalue weighted by atomic mass is 15.1. The van der Waals surface area contributed by atoms with Crippen molar-refractivity contribution < 1.29 is 0 Å². The van der Waals surface area contributed by atoms with Gasteiger partial charge in [-0.05, 0) is 37.1 Å². The highest BCUT2D eigenvalue weighted by Gasteiger charge is 2.15. The molecule has 1 aliphatic rings. The molecule has 1 aromatic carbocycles. The van der Waals surface area contributed by atoms with E-state index >= 15 is 0 Å². The van der Waals surface area contributed by atoms with E-state index in [9.17, 15) is 0 Å². The standard InChI is InChI=1S/C16H26N2/c1-18(11-10-14-6-2-3-7-14)13-16-9-5-4-8-15(16)12-17/h4-5,8-9,14H,2-3,6-7,10-13,17H2,1H3. The lowest BCUT2D eigenvalue weighted by Gasteiger charge is -2.20. The lowest BCUT2D eigenvalue weighted by molar-refractivity contribution is 0.293. The molecule has 2 heteroatoms. The number of nitrogens with zero attached hydrogens (tertiary/aromatic N) is 1. The molecule has 1 aliphatic carbocycles. The Balaban J connectivity index is 1.80. The number of nitrogens with two attached hydrogens (primary N) is 1. The molecule has 2 N–H and O–H groups in total. The predicted molar refractivity (Wildman–Crippen MR) is 77.2 cm³/mol. The van der Waals surface area contributed by atoms with E-state index < -0.39 is 0 Å². The van der Waals surface area contributed by atoms with Crippen molar-refractivity contribution in [3.63, 3.8) is 0 Å². The van der Waals surface area contributed by atoms with Gasteiger partial charge in [0.2, 0.25) is 0 Å². The average Bonchev–Trinajstić information content (AvgIpc) is 2.90. The van der Waals surface area contributed by atoms with Gasteiger partial charge in [0.25, 0.3) is 0 Å². The maximum absolute atomic E-state index is 5.78. The van der Waals surface area contributed by atoms with Crippen molar-refractivity contribution in [2.75, 3.05) is 13.6 Å². The molecule has 100 valence electrons. The third kappa shape index (κ3) is 3.82. The number of rotatable bonds is 6. The molecule has 0 bridgehead atoms. The Hall–Kier alpha value is -0.860. The van der Waals surface area contributed by atoms with E-state index in [-0.39, 0.29) is 0 Å². The lowest BCUT2D eigenvalue weighted by Crippen LogP contribution is -2.22. The van der Waals surface area contributed by atoms with Crippen molar-refractivity contribution in [1.29, 1.82) is 0 Å². The van der Waals surface area contributed by atoms with Gasteiger partial charge in [-0.1, -0.05) is 49.9 Å². The third-order valence-electron chi connectivity index (χ3n) is 4.17. The van der Waals surface area contributed by atoms with E-state index in [1.54, 1.807) is 0 Å². The monoisotopic (exact) mass is 246 g/mol. The average molecular weight is 246 g/mol. The molecule has 0 aliphatic heterocycles. The maximum atomic E-state index is 5.78. The zero-order valence-corrected chi connectivity index (χ0v) is 11.6. The number of hydrogen-bond donors (Lipinski definition) is 1. The topological polar surface area (TPSA) is 29.3 Å². The van der Waals surface area contributed by atoms with Gasteiger partial charge in [0, 0.05) is 13.1 Å². The van der Waals surface area contributed by atoms with Crippen LogP contribution in [-0.4, -0.2) is 18.5 Å². The molecule has 0 heterocycles. The van der Waals surface area contributed by atoms with Crippen molar-refractivity contribution in [3.8, 4) is 0 Å². The Labute approximate surface area is 111 Å². The van der Waals surface area contributed by atoms with E-state index in [1.807, 2.05) is 0 Å². The van der Waals surface area contributed by atoms with Gasteiger partial charge >= 0.3 is 0 Å². The van der Waals surface area contributed by atoms with Crippen molar-refractivity contribution in [2.24, 2.45) is 11.7 Å². The molecule has 0 atom stereocenters. The molecule has 2 rings (SSSR count). The first-order valence-corrected chi connectivity index (χ1v) is 7.25. The van der Waals surface area contributed by atoms with Crippen LogP contribution in [0.3, 0.4) is 0 Å². The second-order valence-electron chi connectivity index (χ2n) is 5.65. The quantitative estimate of drug-likeness (QED) is 0.835. The molecular formula is C16H26N2. The highest BCUT2D eigenvalue weighted by molar-refractivity contribution is 5.26. The fourth-order valence-electron chi connectivity index (χ4n) is 2.98. The zero-order valence-electron chi connectivity index (χ0n) is 11.6. The molecule has 18 heavy (non-hydrogen) atoms. The van der Waals surface area contributed by atoms with Crippen LogP contribution < -0.4 is 5.73 Å². The molecule has 0 saturated heterocycles. The van der Waals surface area contributed by atoms with Crippen molar-refractivity contribution in [3.05, 3.63) is 35.4 Å². The van der Waals surface area contributed by atoms with E-state index in [2.05, 4.69) is 36.2 Å². The normalized spacial score (nSPS) is 16.6. The summed E-state index contributed by atoms with van der Waals surface area (Å²) in [6.07, 6.45) is 7.16. The van der Waals surface area contributed by atoms with Gasteiger partial charge in [-0.25, -0.2) is 0 Å². The Morgan fingerprint density at radius 3 is 2.50 bits per heavy atom. The smallest absolute Gasteiger partial charge is 0.0233 e. The van der Waals surface area contributed by atoms with Crippen molar-refractivity contribution >= 4 is 0 Å². The van der Waals surface area contributed by atoms with Crippen LogP contribution in [0.2, 0.25) is 0 Å². The predicted octanol–water partition coefficient (Wildman–Crippen LogP) is 3.16. The summed E-state index contributed by atoms with van der Waals surface area (Å²) in [6.45, 7) is 2.89. The molecule has 0 unspecified atom stereocenters. The summed E-state index contributed by atoms with van der Waals surface area (Å²) >= 11 is 0. The first-order valence-electron chi connectivity index (χ1n) is 7.25. The van der Waals surface area contributed by atoms with E-state index in [4.69, 9.17) is 5.73 Å².